The SMILES string of the molecule is CCNC(COCCC1CC1)c1ccc(OC)cc1OC. The molecule has 118 valence electrons. The molecule has 0 aliphatic heterocycles. The minimum Gasteiger partial charge on any atom is -0.497 e. The molecule has 1 aliphatic rings. The van der Waals surface area contributed by atoms with Gasteiger partial charge in [-0.25, -0.2) is 0 Å². The molecule has 4 nitrogen and oxygen atoms in total. The first-order valence-electron chi connectivity index (χ1n) is 7.81. The molecule has 1 saturated carbocycles. The van der Waals surface area contributed by atoms with Gasteiger partial charge in [0, 0.05) is 18.2 Å². The lowest BCUT2D eigenvalue weighted by molar-refractivity contribution is 0.106. The maximum atomic E-state index is 5.86. The molecule has 0 spiro atoms. The summed E-state index contributed by atoms with van der Waals surface area (Å²) in [6.07, 6.45) is 3.96. The summed E-state index contributed by atoms with van der Waals surface area (Å²) in [4.78, 5) is 0. The highest BCUT2D eigenvalue weighted by molar-refractivity contribution is 5.42. The van der Waals surface area contributed by atoms with Gasteiger partial charge in [0.15, 0.2) is 0 Å². The van der Waals surface area contributed by atoms with Crippen molar-refractivity contribution >= 4 is 0 Å². The molecule has 0 radical (unpaired) electrons. The molecule has 0 aromatic heterocycles. The topological polar surface area (TPSA) is 39.7 Å². The Balaban J connectivity index is 1.97. The van der Waals surface area contributed by atoms with Crippen molar-refractivity contribution in [3.05, 3.63) is 23.8 Å². The third-order valence-corrected chi connectivity index (χ3v) is 3.92. The number of nitrogens with one attached hydrogen (secondary N) is 1. The zero-order valence-corrected chi connectivity index (χ0v) is 13.4. The molecule has 0 amide bonds. The zero-order valence-electron chi connectivity index (χ0n) is 13.4. The Kier molecular flexibility index (Phi) is 6.33. The monoisotopic (exact) mass is 293 g/mol. The van der Waals surface area contributed by atoms with Gasteiger partial charge in [-0.05, 0) is 31.0 Å². The summed E-state index contributed by atoms with van der Waals surface area (Å²) >= 11 is 0. The molecular formula is C17H27NO3. The van der Waals surface area contributed by atoms with E-state index in [0.29, 0.717) is 6.61 Å². The maximum absolute atomic E-state index is 5.86. The van der Waals surface area contributed by atoms with Crippen molar-refractivity contribution in [3.63, 3.8) is 0 Å². The number of benzene rings is 1. The zero-order chi connectivity index (χ0) is 15.1. The summed E-state index contributed by atoms with van der Waals surface area (Å²) in [6, 6.07) is 6.08. The fourth-order valence-corrected chi connectivity index (χ4v) is 2.47. The summed E-state index contributed by atoms with van der Waals surface area (Å²) in [5, 5.41) is 3.47. The van der Waals surface area contributed by atoms with E-state index < -0.39 is 0 Å². The molecule has 1 atom stereocenters. The second kappa shape index (κ2) is 8.25. The first-order chi connectivity index (χ1) is 10.3. The molecule has 0 heterocycles. The third kappa shape index (κ3) is 4.90. The van der Waals surface area contributed by atoms with Crippen LogP contribution in [0.3, 0.4) is 0 Å². The van der Waals surface area contributed by atoms with Crippen LogP contribution in [0.15, 0.2) is 18.2 Å². The van der Waals surface area contributed by atoms with Crippen LogP contribution in [-0.2, 0) is 4.74 Å². The van der Waals surface area contributed by atoms with Gasteiger partial charge in [0.25, 0.3) is 0 Å². The van der Waals surface area contributed by atoms with Gasteiger partial charge in [0.1, 0.15) is 11.5 Å². The van der Waals surface area contributed by atoms with Gasteiger partial charge in [0.05, 0.1) is 26.9 Å². The Morgan fingerprint density at radius 1 is 1.24 bits per heavy atom. The molecule has 1 fully saturated rings. The average Bonchev–Trinajstić information content (AvgIpc) is 3.34. The van der Waals surface area contributed by atoms with Crippen molar-refractivity contribution in [3.8, 4) is 11.5 Å². The van der Waals surface area contributed by atoms with E-state index in [4.69, 9.17) is 14.2 Å². The van der Waals surface area contributed by atoms with Gasteiger partial charge in [-0.3, -0.25) is 0 Å². The van der Waals surface area contributed by atoms with E-state index in [2.05, 4.69) is 18.3 Å². The summed E-state index contributed by atoms with van der Waals surface area (Å²) in [5.41, 5.74) is 1.12. The molecule has 21 heavy (non-hydrogen) atoms. The fraction of sp³-hybridized carbons (Fsp3) is 0.647. The van der Waals surface area contributed by atoms with Crippen LogP contribution < -0.4 is 14.8 Å². The second-order valence-corrected chi connectivity index (χ2v) is 5.53. The van der Waals surface area contributed by atoms with Crippen molar-refractivity contribution in [2.75, 3.05) is 34.0 Å². The van der Waals surface area contributed by atoms with Crippen LogP contribution in [0.4, 0.5) is 0 Å². The van der Waals surface area contributed by atoms with Crippen LogP contribution in [-0.4, -0.2) is 34.0 Å². The first-order valence-corrected chi connectivity index (χ1v) is 7.81. The van der Waals surface area contributed by atoms with Gasteiger partial charge in [-0.15, -0.1) is 0 Å². The minimum absolute atomic E-state index is 0.148. The molecule has 1 N–H and O–H groups in total. The maximum Gasteiger partial charge on any atom is 0.127 e. The van der Waals surface area contributed by atoms with E-state index in [1.165, 1.54) is 19.3 Å². The molecule has 1 aromatic carbocycles. The second-order valence-electron chi connectivity index (χ2n) is 5.53. The minimum atomic E-state index is 0.148. The van der Waals surface area contributed by atoms with Crippen LogP contribution in [0.1, 0.15) is 37.8 Å². The molecule has 4 heteroatoms. The standard InChI is InChI=1S/C17H27NO3/c1-4-18-16(12-21-10-9-13-5-6-13)15-8-7-14(19-2)11-17(15)20-3/h7-8,11,13,16,18H,4-6,9-10,12H2,1-3H3. The smallest absolute Gasteiger partial charge is 0.127 e. The summed E-state index contributed by atoms with van der Waals surface area (Å²) in [6.45, 7) is 4.52. The highest BCUT2D eigenvalue weighted by Gasteiger charge is 2.21. The third-order valence-electron chi connectivity index (χ3n) is 3.92. The Hall–Kier alpha value is -1.26. The number of methoxy groups -OCH3 is 2. The normalized spacial score (nSPS) is 15.8. The van der Waals surface area contributed by atoms with Gasteiger partial charge in [0.2, 0.25) is 0 Å². The predicted octanol–water partition coefficient (Wildman–Crippen LogP) is 3.17. The fourth-order valence-electron chi connectivity index (χ4n) is 2.47. The summed E-state index contributed by atoms with van der Waals surface area (Å²) in [7, 11) is 3.35. The predicted molar refractivity (Wildman–Crippen MR) is 84.1 cm³/mol. The van der Waals surface area contributed by atoms with Crippen molar-refractivity contribution in [2.45, 2.75) is 32.2 Å². The van der Waals surface area contributed by atoms with Crippen molar-refractivity contribution in [1.82, 2.24) is 5.32 Å². The number of likely N-dealkylation sites (N-methyl/N-ethyl adjacent to an activating group) is 1. The molecule has 1 aromatic rings. The van der Waals surface area contributed by atoms with E-state index in [0.717, 1.165) is 36.1 Å². The number of hydrogen-bond donors (Lipinski definition) is 1. The number of hydrogen-bond acceptors (Lipinski definition) is 4. The van der Waals surface area contributed by atoms with Gasteiger partial charge in [-0.2, -0.15) is 0 Å². The molecule has 1 unspecified atom stereocenters. The van der Waals surface area contributed by atoms with E-state index in [1.807, 2.05) is 12.1 Å². The van der Waals surface area contributed by atoms with Crippen molar-refractivity contribution in [1.29, 1.82) is 0 Å². The van der Waals surface area contributed by atoms with Gasteiger partial charge >= 0.3 is 0 Å². The van der Waals surface area contributed by atoms with E-state index in [-0.39, 0.29) is 6.04 Å². The Morgan fingerprint density at radius 2 is 2.05 bits per heavy atom. The highest BCUT2D eigenvalue weighted by Crippen LogP contribution is 2.33. The largest absolute Gasteiger partial charge is 0.497 e. The van der Waals surface area contributed by atoms with E-state index in [9.17, 15) is 0 Å². The lowest BCUT2D eigenvalue weighted by Gasteiger charge is -2.21. The van der Waals surface area contributed by atoms with Crippen LogP contribution in [0, 0.1) is 5.92 Å². The molecular weight excluding hydrogens is 266 g/mol. The average molecular weight is 293 g/mol. The van der Waals surface area contributed by atoms with Crippen LogP contribution in [0.2, 0.25) is 0 Å². The Labute approximate surface area is 127 Å². The molecule has 0 bridgehead atoms. The molecule has 2 rings (SSSR count). The lowest BCUT2D eigenvalue weighted by Crippen LogP contribution is -2.26. The first kappa shape index (κ1) is 16.1. The van der Waals surface area contributed by atoms with Crippen molar-refractivity contribution < 1.29 is 14.2 Å². The molecule has 0 saturated heterocycles. The van der Waals surface area contributed by atoms with E-state index >= 15 is 0 Å². The summed E-state index contributed by atoms with van der Waals surface area (Å²) < 4.78 is 16.6. The van der Waals surface area contributed by atoms with Crippen molar-refractivity contribution in [2.24, 2.45) is 5.92 Å². The number of ether oxygens (including phenoxy) is 3. The molecule has 1 aliphatic carbocycles. The van der Waals surface area contributed by atoms with E-state index in [1.54, 1.807) is 14.2 Å². The van der Waals surface area contributed by atoms with Crippen LogP contribution in [0.25, 0.3) is 0 Å². The Bertz CT molecular complexity index is 432. The van der Waals surface area contributed by atoms with Crippen LogP contribution in [0.5, 0.6) is 11.5 Å². The van der Waals surface area contributed by atoms with Gasteiger partial charge < -0.3 is 19.5 Å². The summed E-state index contributed by atoms with van der Waals surface area (Å²) in [5.74, 6) is 2.56. The lowest BCUT2D eigenvalue weighted by atomic mass is 10.1. The Morgan fingerprint density at radius 3 is 2.67 bits per heavy atom. The highest BCUT2D eigenvalue weighted by atomic mass is 16.5. The number of rotatable bonds is 10. The van der Waals surface area contributed by atoms with Crippen LogP contribution >= 0.6 is 0 Å². The quantitative estimate of drug-likeness (QED) is 0.673. The van der Waals surface area contributed by atoms with Gasteiger partial charge in [-0.1, -0.05) is 19.8 Å².